The Kier molecular flexibility index (Phi) is 7.61. The first kappa shape index (κ1) is 26.2. The number of rotatable bonds is 9. The third-order valence-electron chi connectivity index (χ3n) is 5.72. The van der Waals surface area contributed by atoms with Crippen LogP contribution >= 0.6 is 0 Å². The number of nitrogens with zero attached hydrogens (tertiary/aromatic N) is 4. The van der Waals surface area contributed by atoms with Crippen LogP contribution in [0.4, 0.5) is 10.1 Å². The van der Waals surface area contributed by atoms with Crippen molar-refractivity contribution in [3.63, 3.8) is 0 Å². The number of Topliss-reactive ketones (excluding diaryl/α,β-unsaturated/α-hetero) is 1. The number of hydrogen-bond acceptors (Lipinski definition) is 9. The molecule has 4 rings (SSSR count). The zero-order chi connectivity index (χ0) is 27.4. The molecule has 0 saturated heterocycles. The molecule has 0 aliphatic heterocycles. The van der Waals surface area contributed by atoms with E-state index in [1.165, 1.54) is 30.5 Å². The zero-order valence-electron chi connectivity index (χ0n) is 20.8. The van der Waals surface area contributed by atoms with Crippen molar-refractivity contribution < 1.29 is 23.1 Å². The fraction of sp³-hybridized carbons (Fsp3) is 0.231. The van der Waals surface area contributed by atoms with Crippen molar-refractivity contribution in [3.05, 3.63) is 76.8 Å². The average molecular weight is 521 g/mol. The first-order valence-corrected chi connectivity index (χ1v) is 11.6. The minimum Gasteiger partial charge on any atom is -0.497 e. The fourth-order valence-corrected chi connectivity index (χ4v) is 3.69. The molecule has 3 N–H and O–H groups in total. The first-order chi connectivity index (χ1) is 18.2. The van der Waals surface area contributed by atoms with Gasteiger partial charge in [0.05, 0.1) is 19.3 Å². The largest absolute Gasteiger partial charge is 0.497 e. The number of hydrogen-bond donors (Lipinski definition) is 2. The summed E-state index contributed by atoms with van der Waals surface area (Å²) in [4.78, 5) is 43.1. The van der Waals surface area contributed by atoms with E-state index in [1.807, 2.05) is 0 Å². The molecule has 12 heteroatoms. The molecular weight excluding hydrogens is 495 g/mol. The molecule has 196 valence electrons. The lowest BCUT2D eigenvalue weighted by molar-refractivity contribution is -0.122. The van der Waals surface area contributed by atoms with Crippen LogP contribution in [-0.2, 0) is 11.3 Å². The van der Waals surface area contributed by atoms with Crippen LogP contribution in [0.5, 0.6) is 5.75 Å². The number of nitrogens with two attached hydrogens (primary N) is 1. The minimum absolute atomic E-state index is 0.118. The number of nitrogens with one attached hydrogen (secondary N) is 1. The van der Waals surface area contributed by atoms with Gasteiger partial charge in [-0.05, 0) is 54.4 Å². The van der Waals surface area contributed by atoms with Gasteiger partial charge < -0.3 is 20.2 Å². The highest BCUT2D eigenvalue weighted by atomic mass is 19.1. The van der Waals surface area contributed by atoms with Gasteiger partial charge in [-0.2, -0.15) is 0 Å². The van der Waals surface area contributed by atoms with Crippen molar-refractivity contribution in [2.45, 2.75) is 26.4 Å². The first-order valence-electron chi connectivity index (χ1n) is 11.6. The summed E-state index contributed by atoms with van der Waals surface area (Å²) in [5, 5.41) is 10.4. The predicted octanol–water partition coefficient (Wildman–Crippen LogP) is 2.71. The number of ketones is 1. The van der Waals surface area contributed by atoms with Crippen molar-refractivity contribution in [2.24, 2.45) is 5.92 Å². The maximum atomic E-state index is 13.4. The Balaban J connectivity index is 1.55. The Bertz CT molecular complexity index is 1510. The van der Waals surface area contributed by atoms with Crippen LogP contribution in [0.25, 0.3) is 22.8 Å². The van der Waals surface area contributed by atoms with Crippen molar-refractivity contribution in [1.29, 1.82) is 0 Å². The second kappa shape index (κ2) is 11.0. The monoisotopic (exact) mass is 520 g/mol. The number of carbonyl (C=O) groups excluding carboxylic acids is 2. The number of ether oxygens (including phenoxy) is 1. The van der Waals surface area contributed by atoms with Crippen LogP contribution in [0, 0.1) is 11.7 Å². The second-order valence-corrected chi connectivity index (χ2v) is 8.73. The lowest BCUT2D eigenvalue weighted by Gasteiger charge is -2.20. The number of benzene rings is 2. The maximum absolute atomic E-state index is 13.4. The molecule has 0 unspecified atom stereocenters. The molecule has 0 bridgehead atoms. The summed E-state index contributed by atoms with van der Waals surface area (Å²) in [5.74, 6) is -1.43. The van der Waals surface area contributed by atoms with Gasteiger partial charge in [-0.25, -0.2) is 9.37 Å². The van der Waals surface area contributed by atoms with Gasteiger partial charge in [0.1, 0.15) is 29.6 Å². The number of halogens is 1. The van der Waals surface area contributed by atoms with Crippen LogP contribution in [0.3, 0.4) is 0 Å². The SMILES string of the molecule is COc1ccc(-c2nnc(C(=O)[C@@H](NC(=O)Cn3c(-c4ccc(F)cc4)ncc(N)c3=O)C(C)C)o2)cc1. The van der Waals surface area contributed by atoms with Gasteiger partial charge >= 0.3 is 0 Å². The molecule has 2 aromatic heterocycles. The normalized spacial score (nSPS) is 11.8. The summed E-state index contributed by atoms with van der Waals surface area (Å²) in [6.45, 7) is 2.99. The Labute approximate surface area is 216 Å². The molecule has 4 aromatic rings. The van der Waals surface area contributed by atoms with Crippen molar-refractivity contribution in [3.8, 4) is 28.6 Å². The molecule has 0 saturated carbocycles. The third kappa shape index (κ3) is 5.59. The molecule has 1 atom stereocenters. The van der Waals surface area contributed by atoms with Crippen molar-refractivity contribution >= 4 is 17.4 Å². The third-order valence-corrected chi connectivity index (χ3v) is 5.72. The molecule has 0 fully saturated rings. The van der Waals surface area contributed by atoms with E-state index in [4.69, 9.17) is 14.9 Å². The molecule has 0 aliphatic rings. The van der Waals surface area contributed by atoms with Crippen LogP contribution < -0.4 is 21.3 Å². The molecule has 11 nitrogen and oxygen atoms in total. The quantitative estimate of drug-likeness (QED) is 0.317. The summed E-state index contributed by atoms with van der Waals surface area (Å²) >= 11 is 0. The van der Waals surface area contributed by atoms with E-state index in [9.17, 15) is 18.8 Å². The van der Waals surface area contributed by atoms with Crippen LogP contribution in [0.1, 0.15) is 24.5 Å². The van der Waals surface area contributed by atoms with Gasteiger partial charge in [-0.15, -0.1) is 10.2 Å². The summed E-state index contributed by atoms with van der Waals surface area (Å²) in [6, 6.07) is 11.1. The molecule has 1 amide bonds. The fourth-order valence-electron chi connectivity index (χ4n) is 3.69. The summed E-state index contributed by atoms with van der Waals surface area (Å²) in [7, 11) is 1.54. The standard InChI is InChI=1S/C26H25FN6O5/c1-14(2)21(22(35)25-32-31-24(38-25)16-6-10-18(37-3)11-7-16)30-20(34)13-33-23(29-12-19(28)26(33)36)15-4-8-17(27)9-5-15/h4-12,14,21H,13,28H2,1-3H3,(H,30,34)/t21-/m0/s1. The smallest absolute Gasteiger partial charge is 0.286 e. The number of carbonyl (C=O) groups is 2. The maximum Gasteiger partial charge on any atom is 0.286 e. The van der Waals surface area contributed by atoms with E-state index in [2.05, 4.69) is 20.5 Å². The topological polar surface area (TPSA) is 155 Å². The Morgan fingerprint density at radius 3 is 2.37 bits per heavy atom. The number of nitrogen functional groups attached to an aromatic ring is 1. The highest BCUT2D eigenvalue weighted by molar-refractivity contribution is 5.98. The van der Waals surface area contributed by atoms with Gasteiger partial charge in [0.25, 0.3) is 11.4 Å². The van der Waals surface area contributed by atoms with Gasteiger partial charge in [0, 0.05) is 11.1 Å². The summed E-state index contributed by atoms with van der Waals surface area (Å²) in [5.41, 5.74) is 5.91. The molecular formula is C26H25FN6O5. The van der Waals surface area contributed by atoms with Gasteiger partial charge in [-0.3, -0.25) is 19.0 Å². The van der Waals surface area contributed by atoms with E-state index in [0.29, 0.717) is 16.9 Å². The summed E-state index contributed by atoms with van der Waals surface area (Å²) in [6.07, 6.45) is 1.17. The average Bonchev–Trinajstić information content (AvgIpc) is 3.41. The van der Waals surface area contributed by atoms with E-state index in [1.54, 1.807) is 45.2 Å². The van der Waals surface area contributed by atoms with Crippen molar-refractivity contribution in [2.75, 3.05) is 12.8 Å². The van der Waals surface area contributed by atoms with Crippen LogP contribution in [-0.4, -0.2) is 44.6 Å². The number of methoxy groups -OCH3 is 1. The molecule has 2 heterocycles. The van der Waals surface area contributed by atoms with E-state index < -0.39 is 35.7 Å². The van der Waals surface area contributed by atoms with Crippen LogP contribution in [0.15, 0.2) is 63.9 Å². The van der Waals surface area contributed by atoms with Gasteiger partial charge in [-0.1, -0.05) is 13.8 Å². The molecule has 0 aliphatic carbocycles. The Morgan fingerprint density at radius 2 is 1.74 bits per heavy atom. The molecule has 38 heavy (non-hydrogen) atoms. The Hall–Kier alpha value is -4.87. The summed E-state index contributed by atoms with van der Waals surface area (Å²) < 4.78 is 25.2. The van der Waals surface area contributed by atoms with Gasteiger partial charge in [0.2, 0.25) is 17.6 Å². The second-order valence-electron chi connectivity index (χ2n) is 8.73. The molecule has 2 aromatic carbocycles. The van der Waals surface area contributed by atoms with Gasteiger partial charge in [0.15, 0.2) is 0 Å². The number of aromatic nitrogens is 4. The lowest BCUT2D eigenvalue weighted by atomic mass is 9.99. The molecule has 0 radical (unpaired) electrons. The predicted molar refractivity (Wildman–Crippen MR) is 136 cm³/mol. The Morgan fingerprint density at radius 1 is 1.08 bits per heavy atom. The molecule has 0 spiro atoms. The van der Waals surface area contributed by atoms with Crippen molar-refractivity contribution in [1.82, 2.24) is 25.1 Å². The minimum atomic E-state index is -1.02. The highest BCUT2D eigenvalue weighted by Gasteiger charge is 2.30. The highest BCUT2D eigenvalue weighted by Crippen LogP contribution is 2.22. The van der Waals surface area contributed by atoms with E-state index >= 15 is 0 Å². The van der Waals surface area contributed by atoms with E-state index in [0.717, 1.165) is 4.57 Å². The number of anilines is 1. The van der Waals surface area contributed by atoms with E-state index in [-0.39, 0.29) is 29.2 Å². The van der Waals surface area contributed by atoms with Crippen LogP contribution in [0.2, 0.25) is 0 Å². The lowest BCUT2D eigenvalue weighted by Crippen LogP contribution is -2.46. The number of amides is 1. The zero-order valence-corrected chi connectivity index (χ0v) is 20.8.